The maximum absolute atomic E-state index is 12.4. The van der Waals surface area contributed by atoms with Gasteiger partial charge in [0.25, 0.3) is 15.7 Å². The molecule has 0 unspecified atom stereocenters. The molecule has 0 atom stereocenters. The van der Waals surface area contributed by atoms with Crippen LogP contribution in [0.15, 0.2) is 29.3 Å². The summed E-state index contributed by atoms with van der Waals surface area (Å²) in [5.41, 5.74) is 0.0282. The average molecular weight is 345 g/mol. The molecule has 0 aliphatic heterocycles. The first-order valence-corrected chi connectivity index (χ1v) is 8.11. The predicted octanol–water partition coefficient (Wildman–Crippen LogP) is 2.57. The van der Waals surface area contributed by atoms with Crippen LogP contribution in [0.4, 0.5) is 11.4 Å². The largest absolute Gasteiger partial charge is 0.289 e. The van der Waals surface area contributed by atoms with Crippen LogP contribution < -0.4 is 4.72 Å². The quantitative estimate of drug-likeness (QED) is 0.662. The van der Waals surface area contributed by atoms with Crippen LogP contribution in [0.2, 0.25) is 5.02 Å². The molecule has 2 aromatic rings. The number of nitro benzene ring substituents is 1. The van der Waals surface area contributed by atoms with E-state index in [9.17, 15) is 18.5 Å². The van der Waals surface area contributed by atoms with E-state index in [1.165, 1.54) is 23.0 Å². The molecular formula is C12H13ClN4O4S. The number of nitrogens with zero attached hydrogens (tertiary/aromatic N) is 3. The van der Waals surface area contributed by atoms with Crippen LogP contribution in [0.5, 0.6) is 0 Å². The molecule has 1 aromatic heterocycles. The molecule has 0 bridgehead atoms. The number of hydrogen-bond acceptors (Lipinski definition) is 5. The molecule has 0 amide bonds. The lowest BCUT2D eigenvalue weighted by atomic mass is 10.3. The van der Waals surface area contributed by atoms with Gasteiger partial charge in [-0.15, -0.1) is 0 Å². The third-order valence-corrected chi connectivity index (χ3v) is 4.71. The summed E-state index contributed by atoms with van der Waals surface area (Å²) >= 11 is 5.69. The van der Waals surface area contributed by atoms with Crippen molar-refractivity contribution >= 4 is 33.0 Å². The standard InChI is InChI=1S/C12H13ClN4O4S/c1-3-16-7-12(8(2)14-16)22(20,21)15-9-4-5-10(13)11(6-9)17(18)19/h4-7,15H,3H2,1-2H3. The number of nitro groups is 1. The topological polar surface area (TPSA) is 107 Å². The number of anilines is 1. The molecule has 1 heterocycles. The molecule has 0 radical (unpaired) electrons. The highest BCUT2D eigenvalue weighted by atomic mass is 35.5. The molecule has 8 nitrogen and oxygen atoms in total. The van der Waals surface area contributed by atoms with E-state index in [-0.39, 0.29) is 21.3 Å². The Balaban J connectivity index is 2.38. The van der Waals surface area contributed by atoms with Crippen molar-refractivity contribution in [1.29, 1.82) is 0 Å². The van der Waals surface area contributed by atoms with Gasteiger partial charge in [0.15, 0.2) is 0 Å². The maximum Gasteiger partial charge on any atom is 0.289 e. The summed E-state index contributed by atoms with van der Waals surface area (Å²) in [6.07, 6.45) is 1.40. The smallest absolute Gasteiger partial charge is 0.279 e. The Bertz CT molecular complexity index is 832. The summed E-state index contributed by atoms with van der Waals surface area (Å²) in [7, 11) is -3.89. The van der Waals surface area contributed by atoms with Gasteiger partial charge in [-0.1, -0.05) is 11.6 Å². The molecule has 0 aliphatic rings. The molecule has 22 heavy (non-hydrogen) atoms. The Morgan fingerprint density at radius 2 is 2.14 bits per heavy atom. The van der Waals surface area contributed by atoms with E-state index < -0.39 is 14.9 Å². The molecule has 0 spiro atoms. The summed E-state index contributed by atoms with van der Waals surface area (Å²) in [4.78, 5) is 10.2. The van der Waals surface area contributed by atoms with Crippen LogP contribution in [0, 0.1) is 17.0 Å². The Kier molecular flexibility index (Phi) is 4.38. The van der Waals surface area contributed by atoms with Gasteiger partial charge in [-0.2, -0.15) is 5.10 Å². The summed E-state index contributed by atoms with van der Waals surface area (Å²) < 4.78 is 28.5. The van der Waals surface area contributed by atoms with Gasteiger partial charge >= 0.3 is 0 Å². The number of aromatic nitrogens is 2. The summed E-state index contributed by atoms with van der Waals surface area (Å²) in [5, 5.41) is 14.8. The van der Waals surface area contributed by atoms with Gasteiger partial charge < -0.3 is 0 Å². The van der Waals surface area contributed by atoms with Crippen molar-refractivity contribution in [3.63, 3.8) is 0 Å². The minimum absolute atomic E-state index is 0.0203. The third-order valence-electron chi connectivity index (χ3n) is 2.91. The number of nitrogens with one attached hydrogen (secondary N) is 1. The number of sulfonamides is 1. The third kappa shape index (κ3) is 3.20. The lowest BCUT2D eigenvalue weighted by Crippen LogP contribution is -2.13. The molecule has 1 aromatic carbocycles. The monoisotopic (exact) mass is 344 g/mol. The average Bonchev–Trinajstić information content (AvgIpc) is 2.82. The lowest BCUT2D eigenvalue weighted by Gasteiger charge is -2.07. The van der Waals surface area contributed by atoms with E-state index in [4.69, 9.17) is 11.6 Å². The molecule has 0 saturated heterocycles. The number of aryl methyl sites for hydroxylation is 2. The number of rotatable bonds is 5. The Hall–Kier alpha value is -2.13. The fourth-order valence-corrected chi connectivity index (χ4v) is 3.28. The first-order chi connectivity index (χ1) is 10.2. The van der Waals surface area contributed by atoms with Crippen molar-refractivity contribution in [2.24, 2.45) is 0 Å². The van der Waals surface area contributed by atoms with Crippen LogP contribution in [0.3, 0.4) is 0 Å². The van der Waals surface area contributed by atoms with Crippen molar-refractivity contribution in [3.05, 3.63) is 45.2 Å². The second-order valence-electron chi connectivity index (χ2n) is 4.46. The van der Waals surface area contributed by atoms with Crippen molar-refractivity contribution in [1.82, 2.24) is 9.78 Å². The van der Waals surface area contributed by atoms with Gasteiger partial charge in [-0.05, 0) is 26.0 Å². The first-order valence-electron chi connectivity index (χ1n) is 6.25. The SMILES string of the molecule is CCn1cc(S(=O)(=O)Nc2ccc(Cl)c([N+](=O)[O-])c2)c(C)n1. The molecule has 10 heteroatoms. The summed E-state index contributed by atoms with van der Waals surface area (Å²) in [5.74, 6) is 0. The lowest BCUT2D eigenvalue weighted by molar-refractivity contribution is -0.384. The van der Waals surface area contributed by atoms with Gasteiger partial charge in [0, 0.05) is 18.8 Å². The molecule has 2 rings (SSSR count). The molecule has 0 fully saturated rings. The normalized spacial score (nSPS) is 11.4. The molecular weight excluding hydrogens is 332 g/mol. The molecule has 0 aliphatic carbocycles. The maximum atomic E-state index is 12.4. The fraction of sp³-hybridized carbons (Fsp3) is 0.250. The highest BCUT2D eigenvalue weighted by Crippen LogP contribution is 2.28. The van der Waals surface area contributed by atoms with Crippen LogP contribution in [-0.4, -0.2) is 23.1 Å². The van der Waals surface area contributed by atoms with E-state index in [0.717, 1.165) is 6.07 Å². The summed E-state index contributed by atoms with van der Waals surface area (Å²) in [6, 6.07) is 3.69. The van der Waals surface area contributed by atoms with E-state index in [0.29, 0.717) is 12.2 Å². The second kappa shape index (κ2) is 5.93. The first kappa shape index (κ1) is 16.2. The summed E-state index contributed by atoms with van der Waals surface area (Å²) in [6.45, 7) is 3.94. The van der Waals surface area contributed by atoms with Crippen LogP contribution in [0.1, 0.15) is 12.6 Å². The van der Waals surface area contributed by atoms with E-state index >= 15 is 0 Å². The Labute approximate surface area is 131 Å². The molecule has 0 saturated carbocycles. The van der Waals surface area contributed by atoms with Gasteiger partial charge in [0.2, 0.25) is 0 Å². The van der Waals surface area contributed by atoms with Crippen molar-refractivity contribution in [2.75, 3.05) is 4.72 Å². The predicted molar refractivity (Wildman–Crippen MR) is 81.6 cm³/mol. The van der Waals surface area contributed by atoms with Gasteiger partial charge in [-0.3, -0.25) is 19.5 Å². The number of benzene rings is 1. The van der Waals surface area contributed by atoms with Crippen LogP contribution >= 0.6 is 11.6 Å². The van der Waals surface area contributed by atoms with E-state index in [2.05, 4.69) is 9.82 Å². The highest BCUT2D eigenvalue weighted by Gasteiger charge is 2.22. The van der Waals surface area contributed by atoms with Crippen LogP contribution in [-0.2, 0) is 16.6 Å². The zero-order valence-corrected chi connectivity index (χ0v) is 13.3. The van der Waals surface area contributed by atoms with Gasteiger partial charge in [0.05, 0.1) is 16.3 Å². The van der Waals surface area contributed by atoms with Crippen LogP contribution in [0.25, 0.3) is 0 Å². The zero-order valence-electron chi connectivity index (χ0n) is 11.8. The van der Waals surface area contributed by atoms with E-state index in [1.807, 2.05) is 6.92 Å². The number of hydrogen-bond donors (Lipinski definition) is 1. The minimum atomic E-state index is -3.89. The highest BCUT2D eigenvalue weighted by molar-refractivity contribution is 7.92. The zero-order chi connectivity index (χ0) is 16.5. The van der Waals surface area contributed by atoms with Gasteiger partial charge in [0.1, 0.15) is 9.92 Å². The van der Waals surface area contributed by atoms with Crippen molar-refractivity contribution in [2.45, 2.75) is 25.3 Å². The Morgan fingerprint density at radius 3 is 2.68 bits per heavy atom. The Morgan fingerprint density at radius 1 is 1.45 bits per heavy atom. The van der Waals surface area contributed by atoms with E-state index in [1.54, 1.807) is 6.92 Å². The fourth-order valence-electron chi connectivity index (χ4n) is 1.85. The number of halogens is 1. The molecule has 1 N–H and O–H groups in total. The van der Waals surface area contributed by atoms with Crippen molar-refractivity contribution < 1.29 is 13.3 Å². The van der Waals surface area contributed by atoms with Crippen molar-refractivity contribution in [3.8, 4) is 0 Å². The molecule has 118 valence electrons. The minimum Gasteiger partial charge on any atom is -0.279 e. The second-order valence-corrected chi connectivity index (χ2v) is 6.52. The van der Waals surface area contributed by atoms with Gasteiger partial charge in [-0.25, -0.2) is 8.42 Å².